The molecule has 4 fully saturated rings. The molecule has 4 saturated carbocycles. The van der Waals surface area contributed by atoms with E-state index in [1.807, 2.05) is 11.1 Å². The third kappa shape index (κ3) is 4.19. The predicted octanol–water partition coefficient (Wildman–Crippen LogP) is 9.19. The Morgan fingerprint density at radius 3 is 1.36 bits per heavy atom. The van der Waals surface area contributed by atoms with Crippen molar-refractivity contribution in [3.63, 3.8) is 0 Å². The van der Waals surface area contributed by atoms with Crippen molar-refractivity contribution in [2.45, 2.75) is 119 Å². The summed E-state index contributed by atoms with van der Waals surface area (Å²) in [7, 11) is 3.21. The molecule has 7 rings (SSSR count). The molecule has 0 N–H and O–H groups in total. The van der Waals surface area contributed by atoms with E-state index in [9.17, 15) is 9.59 Å². The van der Waals surface area contributed by atoms with Crippen LogP contribution in [0.1, 0.15) is 119 Å². The molecule has 4 nitrogen and oxygen atoms in total. The number of carbonyl (C=O) groups excluding carboxylic acids is 2. The van der Waals surface area contributed by atoms with Crippen molar-refractivity contribution in [3.05, 3.63) is 22.3 Å². The summed E-state index contributed by atoms with van der Waals surface area (Å²) in [6.45, 7) is 15.1. The summed E-state index contributed by atoms with van der Waals surface area (Å²) >= 11 is 0. The van der Waals surface area contributed by atoms with Gasteiger partial charge in [0.05, 0.1) is 26.1 Å². The maximum atomic E-state index is 13.4. The predicted molar refractivity (Wildman–Crippen MR) is 174 cm³/mol. The Morgan fingerprint density at radius 2 is 1.02 bits per heavy atom. The van der Waals surface area contributed by atoms with Crippen molar-refractivity contribution >= 4 is 11.9 Å². The highest BCUT2D eigenvalue weighted by molar-refractivity contribution is 5.74. The van der Waals surface area contributed by atoms with E-state index in [-0.39, 0.29) is 34.6 Å². The van der Waals surface area contributed by atoms with Crippen LogP contribution in [0.4, 0.5) is 0 Å². The van der Waals surface area contributed by atoms with Crippen molar-refractivity contribution in [2.24, 2.45) is 81.8 Å². The summed E-state index contributed by atoms with van der Waals surface area (Å²) in [4.78, 5) is 26.8. The molecule has 0 saturated heterocycles. The molecule has 0 aromatic carbocycles. The van der Waals surface area contributed by atoms with E-state index in [1.165, 1.54) is 38.5 Å². The van der Waals surface area contributed by atoms with E-state index in [0.717, 1.165) is 38.5 Å². The third-order valence-corrected chi connectivity index (χ3v) is 15.7. The van der Waals surface area contributed by atoms with E-state index in [2.05, 4.69) is 41.5 Å². The first-order chi connectivity index (χ1) is 21.0. The third-order valence-electron chi connectivity index (χ3n) is 15.7. The minimum atomic E-state index is 0.0359. The lowest BCUT2D eigenvalue weighted by molar-refractivity contribution is -0.156. The summed E-state index contributed by atoms with van der Waals surface area (Å²) in [5.41, 5.74) is 7.63. The number of esters is 2. The summed E-state index contributed by atoms with van der Waals surface area (Å²) in [6, 6.07) is 0. The zero-order chi connectivity index (χ0) is 31.3. The van der Waals surface area contributed by atoms with Crippen LogP contribution in [0.25, 0.3) is 0 Å². The van der Waals surface area contributed by atoms with Crippen molar-refractivity contribution in [3.8, 4) is 0 Å². The van der Waals surface area contributed by atoms with Crippen LogP contribution in [-0.2, 0) is 19.1 Å². The Balaban J connectivity index is 1.45. The molecule has 12 unspecified atom stereocenters. The van der Waals surface area contributed by atoms with Gasteiger partial charge in [0, 0.05) is 11.8 Å². The molecule has 12 atom stereocenters. The molecule has 0 heterocycles. The standard InChI is InChI=1S/C40H60O4/c1-21(2)23-13-15-29-35-28(20-32-26(38(42)44-8)12-9-17-39(29,32)5)34-24(22(3)4)14-16-30-36(34)27(33(23)35)19-31-25(37(41)43-7)11-10-18-40(30,31)6/h21-26,29-34H,9-20H2,1-8H3. The number of hydrogen-bond acceptors (Lipinski definition) is 4. The number of allylic oxidation sites excluding steroid dienone is 4. The fraction of sp³-hybridized carbons (Fsp3) is 0.850. The summed E-state index contributed by atoms with van der Waals surface area (Å²) in [5, 5.41) is 0. The molecule has 0 amide bonds. The maximum Gasteiger partial charge on any atom is 0.308 e. The molecule has 0 bridgehead atoms. The number of fused-ring (bicyclic) bond motifs is 6. The number of hydrogen-bond donors (Lipinski definition) is 0. The first-order valence-corrected chi connectivity index (χ1v) is 18.6. The molecule has 0 aliphatic heterocycles. The van der Waals surface area contributed by atoms with Gasteiger partial charge in [-0.05, 0) is 122 Å². The van der Waals surface area contributed by atoms with Crippen molar-refractivity contribution in [2.75, 3.05) is 14.2 Å². The smallest absolute Gasteiger partial charge is 0.308 e. The van der Waals surface area contributed by atoms with Gasteiger partial charge in [0.2, 0.25) is 0 Å². The topological polar surface area (TPSA) is 52.6 Å². The number of carbonyl (C=O) groups is 2. The van der Waals surface area contributed by atoms with Crippen molar-refractivity contribution in [1.29, 1.82) is 0 Å². The summed E-state index contributed by atoms with van der Waals surface area (Å²) in [5.74, 6) is 5.76. The van der Waals surface area contributed by atoms with Gasteiger partial charge < -0.3 is 9.47 Å². The second-order valence-corrected chi connectivity index (χ2v) is 17.7. The number of rotatable bonds is 4. The monoisotopic (exact) mass is 604 g/mol. The molecule has 4 heteroatoms. The molecule has 0 radical (unpaired) electrons. The van der Waals surface area contributed by atoms with Crippen LogP contribution in [0.5, 0.6) is 0 Å². The molecule has 44 heavy (non-hydrogen) atoms. The summed E-state index contributed by atoms with van der Waals surface area (Å²) < 4.78 is 11.0. The van der Waals surface area contributed by atoms with E-state index in [1.54, 1.807) is 25.4 Å². The Bertz CT molecular complexity index is 1160. The van der Waals surface area contributed by atoms with Gasteiger partial charge in [0.1, 0.15) is 0 Å². The molecular weight excluding hydrogens is 544 g/mol. The Labute approximate surface area is 267 Å². The molecular formula is C40H60O4. The van der Waals surface area contributed by atoms with Gasteiger partial charge in [-0.15, -0.1) is 0 Å². The van der Waals surface area contributed by atoms with Crippen LogP contribution in [0.15, 0.2) is 22.3 Å². The Morgan fingerprint density at radius 1 is 0.636 bits per heavy atom. The average molecular weight is 605 g/mol. The zero-order valence-electron chi connectivity index (χ0n) is 29.0. The molecule has 0 aromatic rings. The van der Waals surface area contributed by atoms with Gasteiger partial charge >= 0.3 is 11.9 Å². The maximum absolute atomic E-state index is 13.4. The van der Waals surface area contributed by atoms with Crippen LogP contribution < -0.4 is 0 Å². The molecule has 7 aliphatic rings. The van der Waals surface area contributed by atoms with Crippen LogP contribution >= 0.6 is 0 Å². The highest BCUT2D eigenvalue weighted by atomic mass is 16.5. The highest BCUT2D eigenvalue weighted by Gasteiger charge is 2.64. The Kier molecular flexibility index (Phi) is 7.76. The van der Waals surface area contributed by atoms with Crippen LogP contribution in [0, 0.1) is 81.8 Å². The molecule has 244 valence electrons. The quantitative estimate of drug-likeness (QED) is 0.237. The molecule has 0 spiro atoms. The fourth-order valence-electron chi connectivity index (χ4n) is 13.7. The van der Waals surface area contributed by atoms with Gasteiger partial charge in [0.15, 0.2) is 0 Å². The van der Waals surface area contributed by atoms with Gasteiger partial charge in [-0.25, -0.2) is 0 Å². The van der Waals surface area contributed by atoms with E-state index in [4.69, 9.17) is 9.47 Å². The average Bonchev–Trinajstić information content (AvgIpc) is 3.01. The summed E-state index contributed by atoms with van der Waals surface area (Å²) in [6.07, 6.45) is 14.1. The largest absolute Gasteiger partial charge is 0.469 e. The zero-order valence-corrected chi connectivity index (χ0v) is 29.0. The van der Waals surface area contributed by atoms with Crippen LogP contribution in [0.3, 0.4) is 0 Å². The van der Waals surface area contributed by atoms with Crippen molar-refractivity contribution in [1.82, 2.24) is 0 Å². The minimum absolute atomic E-state index is 0.0359. The number of methoxy groups -OCH3 is 2. The van der Waals surface area contributed by atoms with Crippen LogP contribution in [0.2, 0.25) is 0 Å². The minimum Gasteiger partial charge on any atom is -0.469 e. The molecule has 0 aromatic heterocycles. The SMILES string of the molecule is COC(=O)C1CCCC2(C)C3CCC(C(C)C)C4C5=C6C(C(=C43)CC12)C(C(C)C)CCC6C1(C)CCCC(C(=O)OC)C1C5. The fourth-order valence-corrected chi connectivity index (χ4v) is 13.7. The van der Waals surface area contributed by atoms with Gasteiger partial charge in [-0.3, -0.25) is 9.59 Å². The lowest BCUT2D eigenvalue weighted by Gasteiger charge is -2.66. The second-order valence-electron chi connectivity index (χ2n) is 17.7. The number of ether oxygens (including phenoxy) is 2. The Hall–Kier alpha value is -1.58. The lowest BCUT2D eigenvalue weighted by atomic mass is 9.38. The normalized spacial score (nSPS) is 46.1. The second kappa shape index (κ2) is 11.0. The van der Waals surface area contributed by atoms with Gasteiger partial charge in [-0.1, -0.05) is 76.7 Å². The first kappa shape index (κ1) is 31.0. The van der Waals surface area contributed by atoms with Gasteiger partial charge in [0.25, 0.3) is 0 Å². The first-order valence-electron chi connectivity index (χ1n) is 18.6. The van der Waals surface area contributed by atoms with Gasteiger partial charge in [-0.2, -0.15) is 0 Å². The van der Waals surface area contributed by atoms with E-state index >= 15 is 0 Å². The van der Waals surface area contributed by atoms with Crippen LogP contribution in [-0.4, -0.2) is 26.2 Å². The van der Waals surface area contributed by atoms with E-state index in [0.29, 0.717) is 59.2 Å². The van der Waals surface area contributed by atoms with E-state index < -0.39 is 0 Å². The lowest BCUT2D eigenvalue weighted by Crippen LogP contribution is -2.58. The highest BCUT2D eigenvalue weighted by Crippen LogP contribution is 2.72. The van der Waals surface area contributed by atoms with Crippen molar-refractivity contribution < 1.29 is 19.1 Å². The molecule has 7 aliphatic carbocycles.